The summed E-state index contributed by atoms with van der Waals surface area (Å²) in [6, 6.07) is 0. The maximum Gasteiger partial charge on any atom is 0.0343 e. The van der Waals surface area contributed by atoms with E-state index in [-0.39, 0.29) is 5.92 Å². The van der Waals surface area contributed by atoms with Gasteiger partial charge in [0, 0.05) is 17.8 Å². The monoisotopic (exact) mass is 234 g/mol. The van der Waals surface area contributed by atoms with E-state index in [1.54, 1.807) is 0 Å². The molecule has 2 nitrogen and oxygen atoms in total. The lowest BCUT2D eigenvalue weighted by Crippen LogP contribution is -2.26. The van der Waals surface area contributed by atoms with E-state index in [0.29, 0.717) is 23.3 Å². The molecular formula is C15H26N2. The van der Waals surface area contributed by atoms with Crippen LogP contribution in [0.1, 0.15) is 59.3 Å². The summed E-state index contributed by atoms with van der Waals surface area (Å²) in [5, 5.41) is 15.8. The molecule has 0 atom stereocenters. The molecule has 0 aliphatic heterocycles. The van der Waals surface area contributed by atoms with Crippen LogP contribution < -0.4 is 0 Å². The smallest absolute Gasteiger partial charge is 0.0343 e. The van der Waals surface area contributed by atoms with Gasteiger partial charge in [0.05, 0.1) is 0 Å². The summed E-state index contributed by atoms with van der Waals surface area (Å²) in [5.74, 6) is 0.267. The molecule has 1 aliphatic carbocycles. The Morgan fingerprint density at radius 2 is 1.88 bits per heavy atom. The van der Waals surface area contributed by atoms with Crippen LogP contribution in [-0.2, 0) is 0 Å². The van der Waals surface area contributed by atoms with Crippen molar-refractivity contribution in [2.24, 2.45) is 11.3 Å². The van der Waals surface area contributed by atoms with E-state index in [9.17, 15) is 0 Å². The molecule has 0 saturated heterocycles. The maximum atomic E-state index is 8.01. The van der Waals surface area contributed by atoms with Crippen LogP contribution in [-0.4, -0.2) is 11.4 Å². The van der Waals surface area contributed by atoms with Crippen molar-refractivity contribution >= 4 is 11.4 Å². The van der Waals surface area contributed by atoms with Crippen LogP contribution in [0.25, 0.3) is 0 Å². The van der Waals surface area contributed by atoms with E-state index in [1.165, 1.54) is 19.3 Å². The van der Waals surface area contributed by atoms with Crippen LogP contribution in [0, 0.1) is 22.2 Å². The first-order valence-electron chi connectivity index (χ1n) is 6.67. The van der Waals surface area contributed by atoms with Crippen LogP contribution >= 0.6 is 0 Å². The maximum absolute atomic E-state index is 8.01. The Balaban J connectivity index is 2.32. The first-order valence-corrected chi connectivity index (χ1v) is 6.67. The Bertz CT molecular complexity index is 322. The van der Waals surface area contributed by atoms with Crippen LogP contribution in [0.5, 0.6) is 0 Å². The highest BCUT2D eigenvalue weighted by molar-refractivity contribution is 6.02. The van der Waals surface area contributed by atoms with E-state index in [0.717, 1.165) is 18.4 Å². The van der Waals surface area contributed by atoms with Crippen LogP contribution in [0.3, 0.4) is 0 Å². The average Bonchev–Trinajstić information content (AvgIpc) is 2.22. The fourth-order valence-electron chi connectivity index (χ4n) is 2.17. The SMILES string of the molecule is C=C(CC(=N)C(C)C)C(=N)CCC1(C)CCC1. The summed E-state index contributed by atoms with van der Waals surface area (Å²) < 4.78 is 0. The molecule has 0 bridgehead atoms. The van der Waals surface area contributed by atoms with Crippen molar-refractivity contribution in [2.75, 3.05) is 0 Å². The second kappa shape index (κ2) is 5.61. The summed E-state index contributed by atoms with van der Waals surface area (Å²) in [7, 11) is 0. The van der Waals surface area contributed by atoms with Gasteiger partial charge in [-0.15, -0.1) is 0 Å². The highest BCUT2D eigenvalue weighted by atomic mass is 14.5. The lowest BCUT2D eigenvalue weighted by Gasteiger charge is -2.38. The van der Waals surface area contributed by atoms with E-state index in [1.807, 2.05) is 13.8 Å². The van der Waals surface area contributed by atoms with Gasteiger partial charge in [0.15, 0.2) is 0 Å². The number of nitrogens with one attached hydrogen (secondary N) is 2. The van der Waals surface area contributed by atoms with Crippen LogP contribution in [0.4, 0.5) is 0 Å². The molecular weight excluding hydrogens is 208 g/mol. The standard InChI is InChI=1S/C15H26N2/c1-11(2)14(17)10-12(3)13(16)6-9-15(4)7-5-8-15/h11,16-17H,3,5-10H2,1-2,4H3. The van der Waals surface area contributed by atoms with Gasteiger partial charge in [-0.2, -0.15) is 0 Å². The van der Waals surface area contributed by atoms with E-state index in [4.69, 9.17) is 10.8 Å². The molecule has 1 rings (SSSR count). The van der Waals surface area contributed by atoms with Gasteiger partial charge >= 0.3 is 0 Å². The summed E-state index contributed by atoms with van der Waals surface area (Å²) in [5.41, 5.74) is 2.67. The fourth-order valence-corrected chi connectivity index (χ4v) is 2.17. The Hall–Kier alpha value is -0.920. The van der Waals surface area contributed by atoms with Gasteiger partial charge in [-0.3, -0.25) is 0 Å². The first-order chi connectivity index (χ1) is 7.84. The van der Waals surface area contributed by atoms with Gasteiger partial charge in [0.2, 0.25) is 0 Å². The molecule has 1 saturated carbocycles. The number of allylic oxidation sites excluding steroid dienone is 1. The molecule has 0 radical (unpaired) electrons. The molecule has 1 fully saturated rings. The van der Waals surface area contributed by atoms with Crippen molar-refractivity contribution in [1.82, 2.24) is 0 Å². The van der Waals surface area contributed by atoms with Crippen molar-refractivity contribution in [3.05, 3.63) is 12.2 Å². The number of hydrogen-bond donors (Lipinski definition) is 2. The summed E-state index contributed by atoms with van der Waals surface area (Å²) >= 11 is 0. The zero-order valence-corrected chi connectivity index (χ0v) is 11.5. The summed E-state index contributed by atoms with van der Waals surface area (Å²) in [6.07, 6.45) is 6.50. The van der Waals surface area contributed by atoms with Gasteiger partial charge in [-0.1, -0.05) is 33.8 Å². The Kier molecular flexibility index (Phi) is 4.67. The third-order valence-corrected chi connectivity index (χ3v) is 4.07. The normalized spacial score (nSPS) is 17.6. The van der Waals surface area contributed by atoms with E-state index < -0.39 is 0 Å². The summed E-state index contributed by atoms with van der Waals surface area (Å²) in [4.78, 5) is 0. The van der Waals surface area contributed by atoms with Crippen molar-refractivity contribution < 1.29 is 0 Å². The lowest BCUT2D eigenvalue weighted by atomic mass is 9.67. The molecule has 0 aromatic heterocycles. The molecule has 0 aromatic carbocycles. The van der Waals surface area contributed by atoms with Gasteiger partial charge < -0.3 is 10.8 Å². The van der Waals surface area contributed by atoms with Crippen LogP contribution in [0.2, 0.25) is 0 Å². The summed E-state index contributed by atoms with van der Waals surface area (Å²) in [6.45, 7) is 10.3. The molecule has 96 valence electrons. The van der Waals surface area contributed by atoms with E-state index in [2.05, 4.69) is 13.5 Å². The molecule has 17 heavy (non-hydrogen) atoms. The molecule has 0 aromatic rings. The molecule has 2 heteroatoms. The lowest BCUT2D eigenvalue weighted by molar-refractivity contribution is 0.150. The molecule has 0 heterocycles. The second-order valence-electron chi connectivity index (χ2n) is 6.10. The van der Waals surface area contributed by atoms with Gasteiger partial charge in [0.1, 0.15) is 0 Å². The third kappa shape index (κ3) is 4.10. The second-order valence-corrected chi connectivity index (χ2v) is 6.10. The fraction of sp³-hybridized carbons (Fsp3) is 0.733. The predicted octanol–water partition coefficient (Wildman–Crippen LogP) is 4.60. The highest BCUT2D eigenvalue weighted by Gasteiger charge is 2.31. The largest absolute Gasteiger partial charge is 0.309 e. The first kappa shape index (κ1) is 14.1. The van der Waals surface area contributed by atoms with Crippen molar-refractivity contribution in [3.8, 4) is 0 Å². The number of rotatable bonds is 7. The molecule has 0 unspecified atom stereocenters. The van der Waals surface area contributed by atoms with Gasteiger partial charge in [-0.05, 0) is 42.6 Å². The Morgan fingerprint density at radius 1 is 1.29 bits per heavy atom. The molecule has 0 amide bonds. The predicted molar refractivity (Wildman–Crippen MR) is 75.2 cm³/mol. The van der Waals surface area contributed by atoms with Crippen molar-refractivity contribution in [2.45, 2.75) is 59.3 Å². The number of hydrogen-bond acceptors (Lipinski definition) is 2. The minimum Gasteiger partial charge on any atom is -0.309 e. The van der Waals surface area contributed by atoms with Crippen LogP contribution in [0.15, 0.2) is 12.2 Å². The van der Waals surface area contributed by atoms with Crippen molar-refractivity contribution in [1.29, 1.82) is 10.8 Å². The zero-order chi connectivity index (χ0) is 13.1. The zero-order valence-electron chi connectivity index (χ0n) is 11.5. The van der Waals surface area contributed by atoms with Gasteiger partial charge in [-0.25, -0.2) is 0 Å². The molecule has 0 spiro atoms. The van der Waals surface area contributed by atoms with Crippen molar-refractivity contribution in [3.63, 3.8) is 0 Å². The Labute approximate surface area is 106 Å². The average molecular weight is 234 g/mol. The molecule has 2 N–H and O–H groups in total. The minimum atomic E-state index is 0.267. The quantitative estimate of drug-likeness (QED) is 0.605. The minimum absolute atomic E-state index is 0.267. The van der Waals surface area contributed by atoms with E-state index >= 15 is 0 Å². The highest BCUT2D eigenvalue weighted by Crippen LogP contribution is 2.44. The Morgan fingerprint density at radius 3 is 2.29 bits per heavy atom. The molecule has 1 aliphatic rings. The van der Waals surface area contributed by atoms with Gasteiger partial charge in [0.25, 0.3) is 0 Å². The third-order valence-electron chi connectivity index (χ3n) is 4.07. The topological polar surface area (TPSA) is 47.7 Å².